The molecule has 0 saturated carbocycles. The lowest BCUT2D eigenvalue weighted by molar-refractivity contribution is 0.0950. The summed E-state index contributed by atoms with van der Waals surface area (Å²) in [6.45, 7) is 5.93. The molecule has 0 aromatic carbocycles. The lowest BCUT2D eigenvalue weighted by Gasteiger charge is -2.39. The van der Waals surface area contributed by atoms with Crippen molar-refractivity contribution in [3.8, 4) is 0 Å². The zero-order valence-electron chi connectivity index (χ0n) is 8.21. The highest BCUT2D eigenvalue weighted by Gasteiger charge is 2.44. The number of piperidine rings is 1. The fourth-order valence-electron chi connectivity index (χ4n) is 2.98. The van der Waals surface area contributed by atoms with E-state index >= 15 is 0 Å². The van der Waals surface area contributed by atoms with E-state index in [1.165, 1.54) is 32.2 Å². The third-order valence-corrected chi connectivity index (χ3v) is 3.56. The van der Waals surface area contributed by atoms with Crippen LogP contribution >= 0.6 is 0 Å². The molecule has 0 bridgehead atoms. The molecular weight excluding hydrogens is 148 g/mol. The number of hydrogen-bond acceptors (Lipinski definition) is 2. The van der Waals surface area contributed by atoms with Gasteiger partial charge in [-0.25, -0.2) is 0 Å². The van der Waals surface area contributed by atoms with Crippen LogP contribution in [0.3, 0.4) is 0 Å². The average molecular weight is 168 g/mol. The topological polar surface area (TPSA) is 29.3 Å². The molecule has 2 fully saturated rings. The van der Waals surface area contributed by atoms with Gasteiger partial charge >= 0.3 is 0 Å². The molecule has 0 radical (unpaired) electrons. The smallest absolute Gasteiger partial charge is 0.0253 e. The summed E-state index contributed by atoms with van der Waals surface area (Å²) in [5.41, 5.74) is 6.49. The lowest BCUT2D eigenvalue weighted by atomic mass is 9.99. The van der Waals surface area contributed by atoms with E-state index in [2.05, 4.69) is 18.7 Å². The Morgan fingerprint density at radius 2 is 2.08 bits per heavy atom. The van der Waals surface area contributed by atoms with Gasteiger partial charge in [0.15, 0.2) is 0 Å². The maximum atomic E-state index is 6.12. The van der Waals surface area contributed by atoms with E-state index in [-0.39, 0.29) is 0 Å². The van der Waals surface area contributed by atoms with Crippen molar-refractivity contribution in [3.63, 3.8) is 0 Å². The van der Waals surface area contributed by atoms with E-state index in [1.807, 2.05) is 0 Å². The van der Waals surface area contributed by atoms with Crippen LogP contribution in [0.1, 0.15) is 39.5 Å². The summed E-state index contributed by atoms with van der Waals surface area (Å²) < 4.78 is 0. The van der Waals surface area contributed by atoms with Crippen LogP contribution in [0, 0.1) is 0 Å². The number of fused-ring (bicyclic) bond motifs is 1. The standard InChI is InChI=1S/C10H20N2/c1-10(2)7-8(11)9-5-3-4-6-12(9)10/h8-9H,3-7,11H2,1-2H3. The number of hydrogen-bond donors (Lipinski definition) is 1. The molecule has 0 aromatic rings. The van der Waals surface area contributed by atoms with Gasteiger partial charge in [0.1, 0.15) is 0 Å². The van der Waals surface area contributed by atoms with E-state index in [4.69, 9.17) is 5.73 Å². The van der Waals surface area contributed by atoms with Gasteiger partial charge in [-0.3, -0.25) is 4.90 Å². The van der Waals surface area contributed by atoms with Gasteiger partial charge in [-0.15, -0.1) is 0 Å². The largest absolute Gasteiger partial charge is 0.326 e. The molecule has 2 heteroatoms. The fourth-order valence-corrected chi connectivity index (χ4v) is 2.98. The molecule has 2 atom stereocenters. The summed E-state index contributed by atoms with van der Waals surface area (Å²) in [5.74, 6) is 0. The maximum Gasteiger partial charge on any atom is 0.0253 e. The molecule has 70 valence electrons. The molecule has 2 unspecified atom stereocenters. The zero-order valence-corrected chi connectivity index (χ0v) is 8.21. The predicted octanol–water partition coefficient (Wildman–Crippen LogP) is 1.35. The molecule has 2 saturated heterocycles. The van der Waals surface area contributed by atoms with Crippen LogP contribution in [0.15, 0.2) is 0 Å². The van der Waals surface area contributed by atoms with Crippen molar-refractivity contribution in [1.29, 1.82) is 0 Å². The summed E-state index contributed by atoms with van der Waals surface area (Å²) in [6, 6.07) is 1.12. The van der Waals surface area contributed by atoms with Crippen molar-refractivity contribution in [2.45, 2.75) is 57.2 Å². The Morgan fingerprint density at radius 3 is 2.75 bits per heavy atom. The van der Waals surface area contributed by atoms with Crippen molar-refractivity contribution < 1.29 is 0 Å². The van der Waals surface area contributed by atoms with Gasteiger partial charge in [0.2, 0.25) is 0 Å². The molecule has 0 aromatic heterocycles. The van der Waals surface area contributed by atoms with Gasteiger partial charge < -0.3 is 5.73 Å². The summed E-state index contributed by atoms with van der Waals surface area (Å²) in [4.78, 5) is 2.63. The molecule has 0 amide bonds. The minimum absolute atomic E-state index is 0.366. The van der Waals surface area contributed by atoms with Gasteiger partial charge in [0.05, 0.1) is 0 Å². The molecule has 0 aliphatic carbocycles. The number of rotatable bonds is 0. The van der Waals surface area contributed by atoms with Gasteiger partial charge in [-0.05, 0) is 39.7 Å². The van der Waals surface area contributed by atoms with Crippen LogP contribution in [0.2, 0.25) is 0 Å². The van der Waals surface area contributed by atoms with Gasteiger partial charge in [-0.1, -0.05) is 6.42 Å². The summed E-state index contributed by atoms with van der Waals surface area (Å²) >= 11 is 0. The molecule has 2 N–H and O–H groups in total. The fraction of sp³-hybridized carbons (Fsp3) is 1.00. The molecule has 2 heterocycles. The summed E-state index contributed by atoms with van der Waals surface area (Å²) in [6.07, 6.45) is 5.25. The molecule has 2 aliphatic heterocycles. The second kappa shape index (κ2) is 2.71. The van der Waals surface area contributed by atoms with Crippen LogP contribution in [-0.4, -0.2) is 29.1 Å². The molecular formula is C10H20N2. The van der Waals surface area contributed by atoms with E-state index < -0.39 is 0 Å². The summed E-state index contributed by atoms with van der Waals surface area (Å²) in [5, 5.41) is 0. The van der Waals surface area contributed by atoms with Crippen LogP contribution < -0.4 is 5.73 Å². The molecule has 2 nitrogen and oxygen atoms in total. The van der Waals surface area contributed by atoms with Crippen molar-refractivity contribution in [2.24, 2.45) is 5.73 Å². The number of nitrogens with zero attached hydrogens (tertiary/aromatic N) is 1. The molecule has 12 heavy (non-hydrogen) atoms. The summed E-state index contributed by atoms with van der Waals surface area (Å²) in [7, 11) is 0. The third kappa shape index (κ3) is 1.17. The zero-order chi connectivity index (χ0) is 8.77. The van der Waals surface area contributed by atoms with Gasteiger partial charge in [0, 0.05) is 17.6 Å². The van der Waals surface area contributed by atoms with Crippen molar-refractivity contribution in [3.05, 3.63) is 0 Å². The van der Waals surface area contributed by atoms with Crippen LogP contribution in [-0.2, 0) is 0 Å². The Bertz CT molecular complexity index is 177. The quantitative estimate of drug-likeness (QED) is 0.591. The van der Waals surface area contributed by atoms with Gasteiger partial charge in [0.25, 0.3) is 0 Å². The van der Waals surface area contributed by atoms with E-state index in [9.17, 15) is 0 Å². The maximum absolute atomic E-state index is 6.12. The first-order valence-electron chi connectivity index (χ1n) is 5.13. The Labute approximate surface area is 75.1 Å². The van der Waals surface area contributed by atoms with Crippen LogP contribution in [0.25, 0.3) is 0 Å². The molecule has 0 spiro atoms. The normalized spacial score (nSPS) is 41.2. The van der Waals surface area contributed by atoms with E-state index in [0.29, 0.717) is 17.6 Å². The van der Waals surface area contributed by atoms with Crippen molar-refractivity contribution in [2.75, 3.05) is 6.54 Å². The van der Waals surface area contributed by atoms with E-state index in [0.717, 1.165) is 0 Å². The van der Waals surface area contributed by atoms with Crippen molar-refractivity contribution >= 4 is 0 Å². The highest BCUT2D eigenvalue weighted by atomic mass is 15.3. The average Bonchev–Trinajstić information content (AvgIpc) is 2.25. The Hall–Kier alpha value is -0.0800. The monoisotopic (exact) mass is 168 g/mol. The highest BCUT2D eigenvalue weighted by Crippen LogP contribution is 2.37. The Balaban J connectivity index is 2.16. The lowest BCUT2D eigenvalue weighted by Crippen LogP contribution is -2.47. The highest BCUT2D eigenvalue weighted by molar-refractivity contribution is 5.03. The second-order valence-electron chi connectivity index (χ2n) is 4.94. The Morgan fingerprint density at radius 1 is 1.33 bits per heavy atom. The third-order valence-electron chi connectivity index (χ3n) is 3.56. The first kappa shape index (κ1) is 8.52. The predicted molar refractivity (Wildman–Crippen MR) is 51.0 cm³/mol. The SMILES string of the molecule is CC1(C)CC(N)C2CCCCN21. The van der Waals surface area contributed by atoms with Gasteiger partial charge in [-0.2, -0.15) is 0 Å². The van der Waals surface area contributed by atoms with E-state index in [1.54, 1.807) is 0 Å². The second-order valence-corrected chi connectivity index (χ2v) is 4.94. The van der Waals surface area contributed by atoms with Crippen molar-refractivity contribution in [1.82, 2.24) is 4.90 Å². The first-order valence-corrected chi connectivity index (χ1v) is 5.13. The minimum Gasteiger partial charge on any atom is -0.326 e. The molecule has 2 aliphatic rings. The minimum atomic E-state index is 0.366. The van der Waals surface area contributed by atoms with Crippen LogP contribution in [0.5, 0.6) is 0 Å². The Kier molecular flexibility index (Phi) is 1.92. The van der Waals surface area contributed by atoms with Crippen LogP contribution in [0.4, 0.5) is 0 Å². The molecule has 2 rings (SSSR count). The number of nitrogens with two attached hydrogens (primary N) is 1. The first-order chi connectivity index (χ1) is 5.61.